The topological polar surface area (TPSA) is 37.8 Å². The van der Waals surface area contributed by atoms with Crippen molar-refractivity contribution in [1.29, 1.82) is 0 Å². The Kier molecular flexibility index (Phi) is 3.01. The molecule has 2 rings (SSSR count). The van der Waals surface area contributed by atoms with Crippen LogP contribution in [0.3, 0.4) is 0 Å². The van der Waals surface area contributed by atoms with E-state index in [0.29, 0.717) is 6.04 Å². The first kappa shape index (κ1) is 11.8. The number of hydrogen-bond donors (Lipinski definition) is 1. The van der Waals surface area contributed by atoms with Crippen molar-refractivity contribution < 1.29 is 0 Å². The van der Waals surface area contributed by atoms with Crippen LogP contribution in [0.5, 0.6) is 0 Å². The number of rotatable bonds is 2. The molecule has 0 aliphatic heterocycles. The average Bonchev–Trinajstić information content (AvgIpc) is 2.27. The van der Waals surface area contributed by atoms with E-state index in [2.05, 4.69) is 43.0 Å². The smallest absolute Gasteiger partial charge is 0.145 e. The van der Waals surface area contributed by atoms with Crippen LogP contribution >= 0.6 is 0 Å². The molecule has 1 aromatic heterocycles. The first-order valence-electron chi connectivity index (χ1n) is 5.95. The molecule has 17 heavy (non-hydrogen) atoms. The van der Waals surface area contributed by atoms with Crippen LogP contribution in [-0.2, 0) is 0 Å². The van der Waals surface area contributed by atoms with Crippen LogP contribution in [0.2, 0.25) is 0 Å². The second-order valence-electron chi connectivity index (χ2n) is 5.48. The molecule has 90 valence electrons. The number of aromatic nitrogens is 2. The molecule has 1 N–H and O–H groups in total. The van der Waals surface area contributed by atoms with Gasteiger partial charge in [-0.3, -0.25) is 4.98 Å². The van der Waals surface area contributed by atoms with Gasteiger partial charge in [0.2, 0.25) is 0 Å². The lowest BCUT2D eigenvalue weighted by molar-refractivity contribution is 0.359. The molecule has 1 unspecified atom stereocenters. The summed E-state index contributed by atoms with van der Waals surface area (Å²) in [6.45, 7) is 8.79. The Balaban J connectivity index is 2.25. The zero-order chi connectivity index (χ0) is 12.5. The molecule has 0 spiro atoms. The fraction of sp³-hybridized carbons (Fsp3) is 0.429. The number of anilines is 1. The van der Waals surface area contributed by atoms with E-state index in [4.69, 9.17) is 0 Å². The molecule has 3 heteroatoms. The predicted octanol–water partition coefficient (Wildman–Crippen LogP) is 3.48. The third-order valence-electron chi connectivity index (χ3n) is 3.11. The van der Waals surface area contributed by atoms with Gasteiger partial charge in [-0.25, -0.2) is 4.98 Å². The summed E-state index contributed by atoms with van der Waals surface area (Å²) < 4.78 is 0. The number of nitrogens with one attached hydrogen (secondary N) is 1. The van der Waals surface area contributed by atoms with Crippen molar-refractivity contribution in [1.82, 2.24) is 9.97 Å². The Morgan fingerprint density at radius 1 is 1.12 bits per heavy atom. The lowest BCUT2D eigenvalue weighted by Gasteiger charge is -2.28. The lowest BCUT2D eigenvalue weighted by Crippen LogP contribution is -2.31. The van der Waals surface area contributed by atoms with Gasteiger partial charge in [-0.2, -0.15) is 0 Å². The number of hydrogen-bond acceptors (Lipinski definition) is 3. The van der Waals surface area contributed by atoms with Gasteiger partial charge >= 0.3 is 0 Å². The molecule has 0 saturated heterocycles. The largest absolute Gasteiger partial charge is 0.366 e. The van der Waals surface area contributed by atoms with Crippen LogP contribution in [0.4, 0.5) is 5.82 Å². The van der Waals surface area contributed by atoms with Crippen LogP contribution in [0.1, 0.15) is 27.7 Å². The molecule has 1 heterocycles. The van der Waals surface area contributed by atoms with Crippen molar-refractivity contribution in [2.45, 2.75) is 33.7 Å². The van der Waals surface area contributed by atoms with Crippen LogP contribution in [0.25, 0.3) is 11.0 Å². The first-order chi connectivity index (χ1) is 7.97. The zero-order valence-electron chi connectivity index (χ0n) is 10.9. The molecular weight excluding hydrogens is 210 g/mol. The minimum atomic E-state index is 0.202. The number of nitrogens with zero attached hydrogens (tertiary/aromatic N) is 2. The van der Waals surface area contributed by atoms with Gasteiger partial charge in [-0.05, 0) is 24.5 Å². The van der Waals surface area contributed by atoms with E-state index in [1.807, 2.05) is 24.3 Å². The third-order valence-corrected chi connectivity index (χ3v) is 3.11. The monoisotopic (exact) mass is 229 g/mol. The number of fused-ring (bicyclic) bond motifs is 1. The molecule has 3 nitrogen and oxygen atoms in total. The van der Waals surface area contributed by atoms with Gasteiger partial charge in [0.25, 0.3) is 0 Å². The van der Waals surface area contributed by atoms with Gasteiger partial charge in [0.1, 0.15) is 5.82 Å². The van der Waals surface area contributed by atoms with Gasteiger partial charge < -0.3 is 5.32 Å². The molecule has 1 aromatic carbocycles. The van der Waals surface area contributed by atoms with E-state index in [1.165, 1.54) is 0 Å². The summed E-state index contributed by atoms with van der Waals surface area (Å²) in [7, 11) is 0. The highest BCUT2D eigenvalue weighted by Gasteiger charge is 2.20. The molecule has 2 aromatic rings. The Hall–Kier alpha value is -1.64. The van der Waals surface area contributed by atoms with E-state index in [9.17, 15) is 0 Å². The number of benzene rings is 1. The molecule has 0 aliphatic rings. The molecule has 1 atom stereocenters. The molecular formula is C14H19N3. The highest BCUT2D eigenvalue weighted by molar-refractivity contribution is 5.75. The van der Waals surface area contributed by atoms with Crippen molar-refractivity contribution in [3.8, 4) is 0 Å². The minimum Gasteiger partial charge on any atom is -0.366 e. The van der Waals surface area contributed by atoms with Crippen LogP contribution in [-0.4, -0.2) is 16.0 Å². The van der Waals surface area contributed by atoms with Crippen molar-refractivity contribution in [3.05, 3.63) is 30.5 Å². The van der Waals surface area contributed by atoms with E-state index in [1.54, 1.807) is 6.20 Å². The molecule has 0 amide bonds. The van der Waals surface area contributed by atoms with Crippen LogP contribution < -0.4 is 5.32 Å². The summed E-state index contributed by atoms with van der Waals surface area (Å²) in [5, 5.41) is 3.40. The molecule has 0 radical (unpaired) electrons. The summed E-state index contributed by atoms with van der Waals surface area (Å²) in [5.41, 5.74) is 2.06. The third kappa shape index (κ3) is 2.73. The molecule has 0 fully saturated rings. The van der Waals surface area contributed by atoms with Gasteiger partial charge in [-0.1, -0.05) is 32.9 Å². The SMILES string of the molecule is CC(Nc1cnc2ccccc2n1)C(C)(C)C. The Bertz CT molecular complexity index is 514. The molecule has 0 bridgehead atoms. The summed E-state index contributed by atoms with van der Waals surface area (Å²) in [5.74, 6) is 0.839. The van der Waals surface area contributed by atoms with E-state index < -0.39 is 0 Å². The maximum absolute atomic E-state index is 4.56. The van der Waals surface area contributed by atoms with Crippen molar-refractivity contribution >= 4 is 16.9 Å². The normalized spacial score (nSPS) is 13.6. The second-order valence-corrected chi connectivity index (χ2v) is 5.48. The fourth-order valence-electron chi connectivity index (χ4n) is 1.47. The van der Waals surface area contributed by atoms with Crippen molar-refractivity contribution in [2.75, 3.05) is 5.32 Å². The summed E-state index contributed by atoms with van der Waals surface area (Å²) in [6, 6.07) is 8.25. The van der Waals surface area contributed by atoms with E-state index >= 15 is 0 Å². The summed E-state index contributed by atoms with van der Waals surface area (Å²) >= 11 is 0. The van der Waals surface area contributed by atoms with Crippen LogP contribution in [0, 0.1) is 5.41 Å². The van der Waals surface area contributed by atoms with Crippen molar-refractivity contribution in [2.24, 2.45) is 5.41 Å². The average molecular weight is 229 g/mol. The predicted molar refractivity (Wildman–Crippen MR) is 72.1 cm³/mol. The van der Waals surface area contributed by atoms with E-state index in [0.717, 1.165) is 16.9 Å². The van der Waals surface area contributed by atoms with Gasteiger partial charge in [-0.15, -0.1) is 0 Å². The highest BCUT2D eigenvalue weighted by Crippen LogP contribution is 2.22. The van der Waals surface area contributed by atoms with Gasteiger partial charge in [0.15, 0.2) is 0 Å². The lowest BCUT2D eigenvalue weighted by atomic mass is 9.88. The van der Waals surface area contributed by atoms with Gasteiger partial charge in [0.05, 0.1) is 17.2 Å². The molecule has 0 aliphatic carbocycles. The van der Waals surface area contributed by atoms with Crippen molar-refractivity contribution in [3.63, 3.8) is 0 Å². The molecule has 0 saturated carbocycles. The summed E-state index contributed by atoms with van der Waals surface area (Å²) in [4.78, 5) is 8.95. The number of para-hydroxylation sites is 2. The minimum absolute atomic E-state index is 0.202. The Labute approximate surface area is 102 Å². The fourth-order valence-corrected chi connectivity index (χ4v) is 1.47. The van der Waals surface area contributed by atoms with Gasteiger partial charge in [0, 0.05) is 6.04 Å². The van der Waals surface area contributed by atoms with E-state index in [-0.39, 0.29) is 5.41 Å². The maximum Gasteiger partial charge on any atom is 0.145 e. The standard InChI is InChI=1S/C14H19N3/c1-10(14(2,3)4)16-13-9-15-11-7-5-6-8-12(11)17-13/h5-10H,1-4H3,(H,16,17). The summed E-state index contributed by atoms with van der Waals surface area (Å²) in [6.07, 6.45) is 1.80. The zero-order valence-corrected chi connectivity index (χ0v) is 10.9. The Morgan fingerprint density at radius 3 is 2.41 bits per heavy atom. The Morgan fingerprint density at radius 2 is 1.76 bits per heavy atom. The second kappa shape index (κ2) is 4.32. The first-order valence-corrected chi connectivity index (χ1v) is 5.95. The highest BCUT2D eigenvalue weighted by atomic mass is 15.0. The quantitative estimate of drug-likeness (QED) is 0.856. The maximum atomic E-state index is 4.56. The van der Waals surface area contributed by atoms with Crippen LogP contribution in [0.15, 0.2) is 30.5 Å².